The number of para-hydroxylation sites is 1. The maximum Gasteiger partial charge on any atom is 0.216 e. The summed E-state index contributed by atoms with van der Waals surface area (Å²) >= 11 is 0. The van der Waals surface area contributed by atoms with Gasteiger partial charge in [0.05, 0.1) is 6.93 Å². The van der Waals surface area contributed by atoms with Crippen LogP contribution in [0.1, 0.15) is 58.6 Å². The lowest BCUT2D eigenvalue weighted by Gasteiger charge is -2.42. The van der Waals surface area contributed by atoms with E-state index in [1.165, 1.54) is 29.5 Å². The van der Waals surface area contributed by atoms with Crippen molar-refractivity contribution in [2.45, 2.75) is 58.3 Å². The van der Waals surface area contributed by atoms with E-state index in [-0.39, 0.29) is 10.8 Å². The van der Waals surface area contributed by atoms with Gasteiger partial charge in [0.25, 0.3) is 0 Å². The number of nitrogens with zero attached hydrogens (tertiary/aromatic N) is 1. The van der Waals surface area contributed by atoms with Crippen LogP contribution in [-0.2, 0) is 17.9 Å². The summed E-state index contributed by atoms with van der Waals surface area (Å²) in [6.07, 6.45) is 4.44. The van der Waals surface area contributed by atoms with Gasteiger partial charge in [0.2, 0.25) is 5.69 Å². The molecule has 176 valence electrons. The quantitative estimate of drug-likeness (QED) is 0.241. The van der Waals surface area contributed by atoms with Crippen molar-refractivity contribution in [3.8, 4) is 22.4 Å². The zero-order chi connectivity index (χ0) is 25.4. The highest BCUT2D eigenvalue weighted by molar-refractivity contribution is 6.13. The average Bonchev–Trinajstić information content (AvgIpc) is 3.20. The molecule has 0 fully saturated rings. The number of hydrogen-bond acceptors (Lipinski definition) is 1. The molecule has 2 heteroatoms. The molecule has 0 N–H and O–H groups in total. The van der Waals surface area contributed by atoms with E-state index in [9.17, 15) is 0 Å². The SMILES string of the molecule is [2H]c1cc(-c2ccc3c(c2)C(C)(C)CCC3(C)C)c2oc3c(-c4cccc[n+]4C)c(C)ccc3c2c1. The number of pyridine rings is 1. The normalized spacial score (nSPS) is 16.9. The Labute approximate surface area is 209 Å². The maximum absolute atomic E-state index is 8.66. The smallest absolute Gasteiger partial charge is 0.216 e. The van der Waals surface area contributed by atoms with Crippen LogP contribution in [-0.4, -0.2) is 0 Å². The minimum absolute atomic E-state index is 0.124. The Morgan fingerprint density at radius 1 is 0.829 bits per heavy atom. The van der Waals surface area contributed by atoms with Crippen LogP contribution in [0.2, 0.25) is 0 Å². The summed E-state index contributed by atoms with van der Waals surface area (Å²) in [7, 11) is 2.07. The van der Waals surface area contributed by atoms with E-state index in [1.54, 1.807) is 0 Å². The summed E-state index contributed by atoms with van der Waals surface area (Å²) in [5.74, 6) is 0. The lowest BCUT2D eigenvalue weighted by atomic mass is 9.63. The van der Waals surface area contributed by atoms with E-state index in [1.807, 2.05) is 18.2 Å². The van der Waals surface area contributed by atoms with Gasteiger partial charge in [0, 0.05) is 28.5 Å². The standard InChI is InChI=1S/C33H34NO/c1-21-13-15-25-24-11-9-10-23(30(24)35-31(25)29(21)28-12-7-8-19-34(28)6)22-14-16-26-27(20-22)33(4,5)18-17-32(26,2)3/h7-16,19-20H,17-18H2,1-6H3/q+1/i9D. The molecule has 2 aromatic heterocycles. The maximum atomic E-state index is 8.66. The van der Waals surface area contributed by atoms with Gasteiger partial charge >= 0.3 is 0 Å². The molecule has 0 spiro atoms. The molecular formula is C33H34NO+. The van der Waals surface area contributed by atoms with Gasteiger partial charge in [-0.25, -0.2) is 4.57 Å². The van der Waals surface area contributed by atoms with Gasteiger partial charge in [-0.1, -0.05) is 76.2 Å². The topological polar surface area (TPSA) is 17.0 Å². The first-order valence-corrected chi connectivity index (χ1v) is 12.6. The van der Waals surface area contributed by atoms with Gasteiger partial charge in [-0.05, 0) is 58.9 Å². The number of furan rings is 1. The van der Waals surface area contributed by atoms with Crippen molar-refractivity contribution >= 4 is 21.9 Å². The fraction of sp³-hybridized carbons (Fsp3) is 0.303. The molecule has 0 amide bonds. The lowest BCUT2D eigenvalue weighted by molar-refractivity contribution is -0.660. The number of aryl methyl sites for hydroxylation is 2. The van der Waals surface area contributed by atoms with Crippen molar-refractivity contribution in [3.63, 3.8) is 0 Å². The second kappa shape index (κ2) is 7.55. The molecule has 5 aromatic rings. The summed E-state index contributed by atoms with van der Waals surface area (Å²) in [6.45, 7) is 11.6. The summed E-state index contributed by atoms with van der Waals surface area (Å²) in [4.78, 5) is 0. The minimum Gasteiger partial charge on any atom is -0.454 e. The van der Waals surface area contributed by atoms with Crippen molar-refractivity contribution in [2.75, 3.05) is 0 Å². The minimum atomic E-state index is 0.124. The zero-order valence-electron chi connectivity index (χ0n) is 22.6. The van der Waals surface area contributed by atoms with Gasteiger partial charge in [0.1, 0.15) is 18.2 Å². The summed E-state index contributed by atoms with van der Waals surface area (Å²) in [5, 5.41) is 2.06. The van der Waals surface area contributed by atoms with Crippen molar-refractivity contribution in [3.05, 3.63) is 89.6 Å². The van der Waals surface area contributed by atoms with Crippen LogP contribution < -0.4 is 4.57 Å². The second-order valence-electron chi connectivity index (χ2n) is 11.6. The highest BCUT2D eigenvalue weighted by Crippen LogP contribution is 2.48. The lowest BCUT2D eigenvalue weighted by Crippen LogP contribution is -2.33. The summed E-state index contributed by atoms with van der Waals surface area (Å²) < 4.78 is 17.6. The Morgan fingerprint density at radius 3 is 2.34 bits per heavy atom. The van der Waals surface area contributed by atoms with Crippen LogP contribution in [0.4, 0.5) is 0 Å². The van der Waals surface area contributed by atoms with E-state index in [2.05, 4.69) is 94.9 Å². The number of benzene rings is 3. The van der Waals surface area contributed by atoms with Crippen molar-refractivity contribution in [2.24, 2.45) is 7.05 Å². The zero-order valence-corrected chi connectivity index (χ0v) is 21.6. The van der Waals surface area contributed by atoms with Gasteiger partial charge in [0.15, 0.2) is 6.20 Å². The second-order valence-corrected chi connectivity index (χ2v) is 11.6. The molecule has 6 rings (SSSR count). The monoisotopic (exact) mass is 461 g/mol. The van der Waals surface area contributed by atoms with Crippen LogP contribution in [0.25, 0.3) is 44.3 Å². The van der Waals surface area contributed by atoms with E-state index in [4.69, 9.17) is 5.79 Å². The van der Waals surface area contributed by atoms with Crippen molar-refractivity contribution in [1.29, 1.82) is 0 Å². The Morgan fingerprint density at radius 2 is 1.57 bits per heavy atom. The average molecular weight is 462 g/mol. The molecule has 0 bridgehead atoms. The molecule has 1 aliphatic carbocycles. The molecule has 0 radical (unpaired) electrons. The first kappa shape index (κ1) is 20.9. The third-order valence-electron chi connectivity index (χ3n) is 8.28. The van der Waals surface area contributed by atoms with Crippen molar-refractivity contribution < 1.29 is 10.4 Å². The molecule has 0 saturated carbocycles. The number of hydrogen-bond donors (Lipinski definition) is 0. The van der Waals surface area contributed by atoms with Crippen molar-refractivity contribution in [1.82, 2.24) is 0 Å². The Hall–Kier alpha value is -3.39. The molecule has 1 aliphatic rings. The van der Waals surface area contributed by atoms with Crippen LogP contribution in [0.3, 0.4) is 0 Å². The van der Waals surface area contributed by atoms with E-state index in [0.29, 0.717) is 6.04 Å². The predicted molar refractivity (Wildman–Crippen MR) is 146 cm³/mol. The molecule has 3 aromatic carbocycles. The van der Waals surface area contributed by atoms with Gasteiger partial charge in [-0.2, -0.15) is 0 Å². The molecule has 2 heterocycles. The van der Waals surface area contributed by atoms with Crippen LogP contribution >= 0.6 is 0 Å². The molecule has 0 aliphatic heterocycles. The van der Waals surface area contributed by atoms with Crippen LogP contribution in [0.15, 0.2) is 77.3 Å². The predicted octanol–water partition coefficient (Wildman–Crippen LogP) is 8.40. The van der Waals surface area contributed by atoms with E-state index in [0.717, 1.165) is 44.3 Å². The molecular weight excluding hydrogens is 426 g/mol. The first-order chi connectivity index (χ1) is 17.1. The van der Waals surface area contributed by atoms with Gasteiger partial charge in [-0.15, -0.1) is 0 Å². The first-order valence-electron chi connectivity index (χ1n) is 13.1. The fourth-order valence-corrected chi connectivity index (χ4v) is 5.97. The number of fused-ring (bicyclic) bond motifs is 4. The fourth-order valence-electron chi connectivity index (χ4n) is 5.97. The number of rotatable bonds is 2. The highest BCUT2D eigenvalue weighted by Gasteiger charge is 2.37. The summed E-state index contributed by atoms with van der Waals surface area (Å²) in [5.41, 5.74) is 10.4. The van der Waals surface area contributed by atoms with Crippen LogP contribution in [0.5, 0.6) is 0 Å². The third kappa shape index (κ3) is 3.34. The Balaban J connectivity index is 1.65. The largest absolute Gasteiger partial charge is 0.454 e. The summed E-state index contributed by atoms with van der Waals surface area (Å²) in [6, 6.07) is 21.9. The molecule has 0 saturated heterocycles. The number of aromatic nitrogens is 1. The highest BCUT2D eigenvalue weighted by atomic mass is 16.3. The third-order valence-corrected chi connectivity index (χ3v) is 8.28. The van der Waals surface area contributed by atoms with E-state index < -0.39 is 0 Å². The molecule has 35 heavy (non-hydrogen) atoms. The van der Waals surface area contributed by atoms with E-state index >= 15 is 0 Å². The Kier molecular flexibility index (Phi) is 4.52. The molecule has 0 atom stereocenters. The molecule has 2 nitrogen and oxygen atoms in total. The van der Waals surface area contributed by atoms with Gasteiger partial charge in [-0.3, -0.25) is 0 Å². The van der Waals surface area contributed by atoms with Gasteiger partial charge < -0.3 is 4.42 Å². The molecule has 0 unspecified atom stereocenters. The van der Waals surface area contributed by atoms with Crippen LogP contribution in [0, 0.1) is 6.92 Å². The Bertz CT molecular complexity index is 1670.